The van der Waals surface area contributed by atoms with Gasteiger partial charge in [0.15, 0.2) is 0 Å². The van der Waals surface area contributed by atoms with Crippen molar-refractivity contribution in [3.8, 4) is 0 Å². The second-order valence-corrected chi connectivity index (χ2v) is 8.82. The molecule has 1 amide bonds. The predicted molar refractivity (Wildman–Crippen MR) is 101 cm³/mol. The fraction of sp³-hybridized carbons (Fsp3) is 0.474. The van der Waals surface area contributed by atoms with E-state index in [-0.39, 0.29) is 30.2 Å². The summed E-state index contributed by atoms with van der Waals surface area (Å²) in [5.41, 5.74) is -2.59. The van der Waals surface area contributed by atoms with Gasteiger partial charge in [-0.05, 0) is 37.0 Å². The quantitative estimate of drug-likeness (QED) is 0.639. The first-order valence-corrected chi connectivity index (χ1v) is 10.9. The Morgan fingerprint density at radius 3 is 2.52 bits per heavy atom. The molecule has 1 saturated carbocycles. The number of hydrogen-bond donors (Lipinski definition) is 1. The van der Waals surface area contributed by atoms with Crippen molar-refractivity contribution >= 4 is 22.4 Å². The molecule has 1 heterocycles. The van der Waals surface area contributed by atoms with Crippen LogP contribution < -0.4 is 5.32 Å². The van der Waals surface area contributed by atoms with E-state index in [1.165, 1.54) is 12.3 Å². The van der Waals surface area contributed by atoms with Crippen molar-refractivity contribution < 1.29 is 35.3 Å². The Morgan fingerprint density at radius 2 is 1.94 bits per heavy atom. The van der Waals surface area contributed by atoms with E-state index >= 15 is 0 Å². The van der Waals surface area contributed by atoms with E-state index in [4.69, 9.17) is 0 Å². The van der Waals surface area contributed by atoms with E-state index in [2.05, 4.69) is 10.4 Å². The molecule has 0 bridgehead atoms. The minimum atomic E-state index is -4.91. The SMILES string of the molecule is CS(=O)c1ccc(F)c(NC(=O)c2c(C(F)(F)F)cnn2CC2CCC(F)(F)CC2)c1. The van der Waals surface area contributed by atoms with E-state index in [0.717, 1.165) is 16.8 Å². The molecule has 2 aromatic rings. The van der Waals surface area contributed by atoms with Crippen molar-refractivity contribution in [3.63, 3.8) is 0 Å². The third kappa shape index (κ3) is 5.46. The van der Waals surface area contributed by atoms with Crippen molar-refractivity contribution in [2.45, 2.75) is 49.2 Å². The fourth-order valence-corrected chi connectivity index (χ4v) is 4.00. The number of nitrogens with one attached hydrogen (secondary N) is 1. The van der Waals surface area contributed by atoms with Crippen LogP contribution in [-0.2, 0) is 23.5 Å². The third-order valence-electron chi connectivity index (χ3n) is 5.15. The second kappa shape index (κ2) is 8.64. The largest absolute Gasteiger partial charge is 0.420 e. The monoisotopic (exact) mass is 467 g/mol. The summed E-state index contributed by atoms with van der Waals surface area (Å²) in [7, 11) is -1.51. The van der Waals surface area contributed by atoms with Gasteiger partial charge in [-0.15, -0.1) is 0 Å². The highest BCUT2D eigenvalue weighted by atomic mass is 32.2. The zero-order valence-corrected chi connectivity index (χ0v) is 17.1. The molecule has 0 radical (unpaired) electrons. The van der Waals surface area contributed by atoms with Gasteiger partial charge in [0.1, 0.15) is 17.1 Å². The first kappa shape index (κ1) is 23.3. The molecule has 1 aliphatic rings. The summed E-state index contributed by atoms with van der Waals surface area (Å²) in [6, 6.07) is 3.24. The minimum absolute atomic E-state index is 0.0776. The number of benzene rings is 1. The fourth-order valence-electron chi connectivity index (χ4n) is 3.46. The molecule has 5 nitrogen and oxygen atoms in total. The highest BCUT2D eigenvalue weighted by molar-refractivity contribution is 7.84. The summed E-state index contributed by atoms with van der Waals surface area (Å²) >= 11 is 0. The van der Waals surface area contributed by atoms with E-state index in [1.54, 1.807) is 0 Å². The van der Waals surface area contributed by atoms with Gasteiger partial charge in [-0.25, -0.2) is 13.2 Å². The lowest BCUT2D eigenvalue weighted by atomic mass is 9.87. The molecular weight excluding hydrogens is 448 g/mol. The van der Waals surface area contributed by atoms with Gasteiger partial charge >= 0.3 is 6.18 Å². The maximum absolute atomic E-state index is 14.1. The third-order valence-corrected chi connectivity index (χ3v) is 6.06. The van der Waals surface area contributed by atoms with Crippen LogP contribution in [0.3, 0.4) is 0 Å². The van der Waals surface area contributed by atoms with Gasteiger partial charge in [-0.1, -0.05) is 0 Å². The van der Waals surface area contributed by atoms with Gasteiger partial charge in [0.05, 0.1) is 11.9 Å². The Balaban J connectivity index is 1.90. The van der Waals surface area contributed by atoms with E-state index in [9.17, 15) is 35.3 Å². The summed E-state index contributed by atoms with van der Waals surface area (Å²) in [5, 5.41) is 5.73. The molecular formula is C19H19F6N3O2S. The number of carbonyl (C=O) groups is 1. The van der Waals surface area contributed by atoms with Crippen molar-refractivity contribution in [2.75, 3.05) is 11.6 Å². The molecule has 1 aliphatic carbocycles. The Kier molecular flexibility index (Phi) is 6.49. The maximum Gasteiger partial charge on any atom is 0.420 e. The standard InChI is InChI=1S/C19H19F6N3O2S/c1-31(30)12-2-3-14(20)15(8-12)27-17(29)16-13(19(23,24)25)9-26-28(16)10-11-4-6-18(21,22)7-5-11/h2-3,8-9,11H,4-7,10H2,1H3,(H,27,29). The number of aromatic nitrogens is 2. The molecule has 1 unspecified atom stereocenters. The number of rotatable bonds is 5. The molecule has 31 heavy (non-hydrogen) atoms. The molecule has 0 saturated heterocycles. The number of nitrogens with zero attached hydrogens (tertiary/aromatic N) is 2. The lowest BCUT2D eigenvalue weighted by molar-refractivity contribution is -0.138. The normalized spacial score (nSPS) is 18.0. The lowest BCUT2D eigenvalue weighted by Gasteiger charge is -2.28. The summed E-state index contributed by atoms with van der Waals surface area (Å²) in [6.07, 6.45) is -3.72. The average Bonchev–Trinajstić information content (AvgIpc) is 3.09. The summed E-state index contributed by atoms with van der Waals surface area (Å²) in [4.78, 5) is 12.9. The maximum atomic E-state index is 14.1. The van der Waals surface area contributed by atoms with E-state index in [0.29, 0.717) is 6.20 Å². The molecule has 1 fully saturated rings. The molecule has 12 heteroatoms. The van der Waals surface area contributed by atoms with Gasteiger partial charge in [-0.2, -0.15) is 18.3 Å². The Labute approximate surface area is 176 Å². The van der Waals surface area contributed by atoms with Crippen molar-refractivity contribution in [1.29, 1.82) is 0 Å². The van der Waals surface area contributed by atoms with Gasteiger partial charge < -0.3 is 5.32 Å². The number of halogens is 6. The average molecular weight is 467 g/mol. The number of anilines is 1. The van der Waals surface area contributed by atoms with Gasteiger partial charge in [0.2, 0.25) is 5.92 Å². The molecule has 170 valence electrons. The Hall–Kier alpha value is -2.37. The minimum Gasteiger partial charge on any atom is -0.318 e. The predicted octanol–water partition coefficient (Wildman–Crippen LogP) is 4.86. The smallest absolute Gasteiger partial charge is 0.318 e. The Morgan fingerprint density at radius 1 is 1.29 bits per heavy atom. The van der Waals surface area contributed by atoms with Crippen LogP contribution in [0.15, 0.2) is 29.3 Å². The van der Waals surface area contributed by atoms with Crippen LogP contribution in [0, 0.1) is 11.7 Å². The highest BCUT2D eigenvalue weighted by Gasteiger charge is 2.40. The summed E-state index contributed by atoms with van der Waals surface area (Å²) in [5.74, 6) is -5.37. The number of alkyl halides is 5. The molecule has 0 spiro atoms. The van der Waals surface area contributed by atoms with Crippen LogP contribution in [-0.4, -0.2) is 32.1 Å². The molecule has 1 atom stereocenters. The Bertz CT molecular complexity index is 995. The van der Waals surface area contributed by atoms with E-state index < -0.39 is 64.4 Å². The van der Waals surface area contributed by atoms with Gasteiger partial charge in [0, 0.05) is 41.3 Å². The molecule has 0 aliphatic heterocycles. The molecule has 1 N–H and O–H groups in total. The van der Waals surface area contributed by atoms with Gasteiger partial charge in [0.25, 0.3) is 5.91 Å². The van der Waals surface area contributed by atoms with Crippen LogP contribution in [0.2, 0.25) is 0 Å². The summed E-state index contributed by atoms with van der Waals surface area (Å²) in [6.45, 7) is -0.156. The number of carbonyl (C=O) groups excluding carboxylic acids is 1. The van der Waals surface area contributed by atoms with Crippen LogP contribution in [0.5, 0.6) is 0 Å². The second-order valence-electron chi connectivity index (χ2n) is 7.44. The van der Waals surface area contributed by atoms with Crippen LogP contribution in [0.1, 0.15) is 41.7 Å². The van der Waals surface area contributed by atoms with Crippen LogP contribution >= 0.6 is 0 Å². The summed E-state index contributed by atoms with van der Waals surface area (Å²) < 4.78 is 93.6. The molecule has 3 rings (SSSR count). The first-order valence-electron chi connectivity index (χ1n) is 9.32. The zero-order valence-electron chi connectivity index (χ0n) is 16.3. The molecule has 1 aromatic carbocycles. The first-order chi connectivity index (χ1) is 14.4. The zero-order chi connectivity index (χ0) is 23.0. The van der Waals surface area contributed by atoms with E-state index in [1.807, 2.05) is 0 Å². The molecule has 1 aromatic heterocycles. The number of hydrogen-bond acceptors (Lipinski definition) is 3. The van der Waals surface area contributed by atoms with Crippen LogP contribution in [0.4, 0.5) is 32.0 Å². The topological polar surface area (TPSA) is 64.0 Å². The lowest BCUT2D eigenvalue weighted by Crippen LogP contribution is -2.29. The van der Waals surface area contributed by atoms with Crippen molar-refractivity contribution in [2.24, 2.45) is 5.92 Å². The van der Waals surface area contributed by atoms with Crippen molar-refractivity contribution in [1.82, 2.24) is 9.78 Å². The van der Waals surface area contributed by atoms with Crippen molar-refractivity contribution in [3.05, 3.63) is 41.5 Å². The van der Waals surface area contributed by atoms with Crippen LogP contribution in [0.25, 0.3) is 0 Å². The van der Waals surface area contributed by atoms with Gasteiger partial charge in [-0.3, -0.25) is 13.7 Å². The number of amides is 1. The highest BCUT2D eigenvalue weighted by Crippen LogP contribution is 2.38.